The third kappa shape index (κ3) is 7.06. The van der Waals surface area contributed by atoms with E-state index in [2.05, 4.69) is 19.7 Å². The molecule has 2 aromatic rings. The number of imidazole rings is 1. The van der Waals surface area contributed by atoms with Gasteiger partial charge in [0.15, 0.2) is 0 Å². The molecule has 34 heavy (non-hydrogen) atoms. The summed E-state index contributed by atoms with van der Waals surface area (Å²) in [6, 6.07) is 2.32. The van der Waals surface area contributed by atoms with Crippen LogP contribution in [0.1, 0.15) is 24.4 Å². The summed E-state index contributed by atoms with van der Waals surface area (Å²) in [5.74, 6) is 0.0783. The third-order valence-corrected chi connectivity index (χ3v) is 5.83. The van der Waals surface area contributed by atoms with E-state index in [-0.39, 0.29) is 35.4 Å². The van der Waals surface area contributed by atoms with E-state index in [0.29, 0.717) is 25.9 Å². The minimum Gasteiger partial charge on any atom is -0.356 e. The van der Waals surface area contributed by atoms with Crippen LogP contribution < -0.4 is 9.62 Å². The zero-order valence-electron chi connectivity index (χ0n) is 18.0. The Balaban J connectivity index is 1.88. The Morgan fingerprint density at radius 3 is 2.76 bits per heavy atom. The molecule has 0 bridgehead atoms. The molecule has 0 amide bonds. The highest BCUT2D eigenvalue weighted by molar-refractivity contribution is 7.88. The minimum absolute atomic E-state index is 0.0834. The van der Waals surface area contributed by atoms with E-state index >= 15 is 0 Å². The van der Waals surface area contributed by atoms with Crippen LogP contribution in [-0.4, -0.2) is 61.4 Å². The van der Waals surface area contributed by atoms with Gasteiger partial charge in [-0.05, 0) is 43.0 Å². The Kier molecular flexibility index (Phi) is 7.70. The topological polar surface area (TPSA) is 115 Å². The van der Waals surface area contributed by atoms with Gasteiger partial charge in [-0.25, -0.2) is 31.9 Å². The van der Waals surface area contributed by atoms with Crippen LogP contribution >= 0.6 is 0 Å². The molecular weight excluding hydrogens is 483 g/mol. The second-order valence-electron chi connectivity index (χ2n) is 7.94. The molecule has 0 radical (unpaired) electrons. The van der Waals surface area contributed by atoms with Gasteiger partial charge in [-0.1, -0.05) is 0 Å². The maximum Gasteiger partial charge on any atom is 0.433 e. The number of hydrogen-bond acceptors (Lipinski definition) is 6. The zero-order chi connectivity index (χ0) is 25.1. The van der Waals surface area contributed by atoms with Crippen molar-refractivity contribution < 1.29 is 30.4 Å². The molecule has 1 aliphatic heterocycles. The van der Waals surface area contributed by atoms with Gasteiger partial charge in [-0.2, -0.15) is 13.2 Å². The summed E-state index contributed by atoms with van der Waals surface area (Å²) < 4.78 is 90.8. The first-order chi connectivity index (χ1) is 15.8. The summed E-state index contributed by atoms with van der Waals surface area (Å²) in [5.41, 5.74) is -1.68. The maximum absolute atomic E-state index is 13.6. The molecule has 0 aromatic carbocycles. The molecule has 186 valence electrons. The molecule has 3 rings (SSSR count). The first kappa shape index (κ1) is 25.7. The summed E-state index contributed by atoms with van der Waals surface area (Å²) >= 11 is 0. The van der Waals surface area contributed by atoms with Crippen LogP contribution in [0.15, 0.2) is 24.4 Å². The molecule has 1 atom stereocenters. The number of pyridine rings is 1. The number of halogens is 5. The second-order valence-corrected chi connectivity index (χ2v) is 9.78. The summed E-state index contributed by atoms with van der Waals surface area (Å²) in [6.45, 7) is 0.948. The number of aromatic nitrogens is 3. The number of nitrogens with zero attached hydrogens (tertiary/aromatic N) is 3. The number of hydrogen-bond donors (Lipinski definition) is 3. The van der Waals surface area contributed by atoms with Crippen molar-refractivity contribution in [2.45, 2.75) is 25.4 Å². The SMILES string of the molecule is CS(=O)(=O)NCC1CCCN(c2cc(-c3cnc(/C=C\C(=N)C(F)F)[nH]3)cc(C(F)(F)F)n2)C1. The lowest BCUT2D eigenvalue weighted by atomic mass is 9.98. The number of rotatable bonds is 8. The molecule has 3 heterocycles. The number of aromatic amines is 1. The van der Waals surface area contributed by atoms with Crippen molar-refractivity contribution >= 4 is 27.6 Å². The maximum atomic E-state index is 13.6. The predicted molar refractivity (Wildman–Crippen MR) is 117 cm³/mol. The Bertz CT molecular complexity index is 1160. The number of alkyl halides is 5. The number of anilines is 1. The minimum atomic E-state index is -4.72. The van der Waals surface area contributed by atoms with Crippen LogP contribution in [0.5, 0.6) is 0 Å². The third-order valence-electron chi connectivity index (χ3n) is 5.14. The zero-order valence-corrected chi connectivity index (χ0v) is 18.8. The van der Waals surface area contributed by atoms with Gasteiger partial charge in [0.2, 0.25) is 10.0 Å². The van der Waals surface area contributed by atoms with Gasteiger partial charge in [-0.3, -0.25) is 5.41 Å². The van der Waals surface area contributed by atoms with Gasteiger partial charge in [0.1, 0.15) is 17.3 Å². The largest absolute Gasteiger partial charge is 0.433 e. The van der Waals surface area contributed by atoms with Crippen molar-refractivity contribution in [3.05, 3.63) is 35.9 Å². The van der Waals surface area contributed by atoms with E-state index in [9.17, 15) is 30.4 Å². The predicted octanol–water partition coefficient (Wildman–Crippen LogP) is 3.55. The van der Waals surface area contributed by atoms with E-state index < -0.39 is 34.0 Å². The van der Waals surface area contributed by atoms with Gasteiger partial charge in [0.05, 0.1) is 23.9 Å². The highest BCUT2D eigenvalue weighted by Crippen LogP contribution is 2.34. The van der Waals surface area contributed by atoms with Crippen LogP contribution in [0.25, 0.3) is 17.3 Å². The second kappa shape index (κ2) is 10.2. The van der Waals surface area contributed by atoms with Gasteiger partial charge >= 0.3 is 6.18 Å². The molecule has 1 saturated heterocycles. The van der Waals surface area contributed by atoms with E-state index in [4.69, 9.17) is 5.41 Å². The van der Waals surface area contributed by atoms with Crippen LogP contribution in [0, 0.1) is 11.3 Å². The highest BCUT2D eigenvalue weighted by atomic mass is 32.2. The molecular formula is C20H23F5N6O2S. The summed E-state index contributed by atoms with van der Waals surface area (Å²) in [4.78, 5) is 12.2. The lowest BCUT2D eigenvalue weighted by Gasteiger charge is -2.34. The lowest BCUT2D eigenvalue weighted by molar-refractivity contribution is -0.141. The van der Waals surface area contributed by atoms with Crippen molar-refractivity contribution in [3.63, 3.8) is 0 Å². The molecule has 14 heteroatoms. The van der Waals surface area contributed by atoms with Gasteiger partial charge in [-0.15, -0.1) is 0 Å². The molecule has 1 fully saturated rings. The summed E-state index contributed by atoms with van der Waals surface area (Å²) in [5, 5.41) is 7.13. The summed E-state index contributed by atoms with van der Waals surface area (Å²) in [7, 11) is -3.39. The number of sulfonamides is 1. The molecule has 8 nitrogen and oxygen atoms in total. The van der Waals surface area contributed by atoms with Crippen molar-refractivity contribution in [2.75, 3.05) is 30.8 Å². The van der Waals surface area contributed by atoms with E-state index in [1.54, 1.807) is 4.90 Å². The first-order valence-corrected chi connectivity index (χ1v) is 12.1. The van der Waals surface area contributed by atoms with Gasteiger partial charge < -0.3 is 9.88 Å². The molecule has 0 aliphatic carbocycles. The van der Waals surface area contributed by atoms with E-state index in [0.717, 1.165) is 24.5 Å². The first-order valence-electron chi connectivity index (χ1n) is 10.2. The van der Waals surface area contributed by atoms with Crippen molar-refractivity contribution in [1.29, 1.82) is 5.41 Å². The fourth-order valence-electron chi connectivity index (χ4n) is 3.50. The number of H-pyrrole nitrogens is 1. The Hall–Kier alpha value is -2.87. The molecule has 0 saturated carbocycles. The fraction of sp³-hybridized carbons (Fsp3) is 0.450. The van der Waals surface area contributed by atoms with Crippen LogP contribution in [-0.2, 0) is 16.2 Å². The average Bonchev–Trinajstić information content (AvgIpc) is 3.24. The Morgan fingerprint density at radius 1 is 1.38 bits per heavy atom. The molecule has 2 aromatic heterocycles. The number of nitrogens with one attached hydrogen (secondary N) is 3. The van der Waals surface area contributed by atoms with Crippen LogP contribution in [0.2, 0.25) is 0 Å². The van der Waals surface area contributed by atoms with Crippen LogP contribution in [0.4, 0.5) is 27.8 Å². The quantitative estimate of drug-likeness (QED) is 0.374. The number of piperidine rings is 1. The van der Waals surface area contributed by atoms with E-state index in [1.165, 1.54) is 12.3 Å². The normalized spacial score (nSPS) is 17.6. The standard InChI is InChI=1S/C20H23F5N6O2S/c1-34(32,33)28-9-12-3-2-6-31(11-12)18-8-13(7-16(30-18)20(23,24)25)15-10-27-17(29-15)5-4-14(26)19(21)22/h4-5,7-8,10,12,19,26,28H,2-3,6,9,11H2,1H3,(H,27,29)/b5-4-,26-14?. The lowest BCUT2D eigenvalue weighted by Crippen LogP contribution is -2.41. The molecule has 1 aliphatic rings. The smallest absolute Gasteiger partial charge is 0.356 e. The molecule has 0 spiro atoms. The average molecular weight is 507 g/mol. The van der Waals surface area contributed by atoms with Crippen molar-refractivity contribution in [1.82, 2.24) is 19.7 Å². The highest BCUT2D eigenvalue weighted by Gasteiger charge is 2.34. The molecule has 3 N–H and O–H groups in total. The van der Waals surface area contributed by atoms with Crippen molar-refractivity contribution in [2.24, 2.45) is 5.92 Å². The molecule has 1 unspecified atom stereocenters. The Morgan fingerprint density at radius 2 is 2.12 bits per heavy atom. The van der Waals surface area contributed by atoms with Gasteiger partial charge in [0.25, 0.3) is 6.43 Å². The monoisotopic (exact) mass is 506 g/mol. The van der Waals surface area contributed by atoms with Crippen molar-refractivity contribution in [3.8, 4) is 11.3 Å². The number of allylic oxidation sites excluding steroid dienone is 1. The summed E-state index contributed by atoms with van der Waals surface area (Å²) in [6.07, 6.45) is -2.01. The van der Waals surface area contributed by atoms with Crippen LogP contribution in [0.3, 0.4) is 0 Å². The van der Waals surface area contributed by atoms with Gasteiger partial charge in [0, 0.05) is 25.2 Å². The fourth-order valence-corrected chi connectivity index (χ4v) is 4.04. The van der Waals surface area contributed by atoms with E-state index in [1.807, 2.05) is 0 Å². The Labute approximate surface area is 192 Å².